The predicted molar refractivity (Wildman–Crippen MR) is 106 cm³/mol. The summed E-state index contributed by atoms with van der Waals surface area (Å²) in [5.41, 5.74) is 2.63. The molecule has 3 rings (SSSR count). The third-order valence-electron chi connectivity index (χ3n) is 5.72. The van der Waals surface area contributed by atoms with Crippen LogP contribution in [0.2, 0.25) is 0 Å². The molecule has 1 saturated heterocycles. The van der Waals surface area contributed by atoms with Crippen molar-refractivity contribution in [2.75, 3.05) is 32.8 Å². The molecule has 2 atom stereocenters. The number of morpholine rings is 1. The summed E-state index contributed by atoms with van der Waals surface area (Å²) in [6, 6.07) is 19.0. The highest BCUT2D eigenvalue weighted by molar-refractivity contribution is 5.33. The van der Waals surface area contributed by atoms with Crippen LogP contribution in [0.15, 0.2) is 54.6 Å². The molecule has 26 heavy (non-hydrogen) atoms. The number of rotatable bonds is 7. The second-order valence-corrected chi connectivity index (χ2v) is 7.20. The van der Waals surface area contributed by atoms with E-state index in [1.807, 2.05) is 6.07 Å². The van der Waals surface area contributed by atoms with Crippen molar-refractivity contribution in [3.8, 4) is 0 Å². The maximum Gasteiger partial charge on any atom is 0.0974 e. The molecule has 1 aliphatic rings. The molecule has 1 aliphatic heterocycles. The lowest BCUT2D eigenvalue weighted by atomic mass is 9.75. The van der Waals surface area contributed by atoms with Gasteiger partial charge < -0.3 is 9.84 Å². The third-order valence-corrected chi connectivity index (χ3v) is 5.72. The average Bonchev–Trinajstić information content (AvgIpc) is 2.73. The Morgan fingerprint density at radius 3 is 2.23 bits per heavy atom. The summed E-state index contributed by atoms with van der Waals surface area (Å²) < 4.78 is 5.50. The van der Waals surface area contributed by atoms with Crippen molar-refractivity contribution >= 4 is 0 Å². The van der Waals surface area contributed by atoms with Gasteiger partial charge in [0.2, 0.25) is 0 Å². The van der Waals surface area contributed by atoms with Crippen LogP contribution in [-0.2, 0) is 16.8 Å². The molecule has 1 heterocycles. The van der Waals surface area contributed by atoms with Crippen molar-refractivity contribution in [1.29, 1.82) is 0 Å². The maximum atomic E-state index is 11.8. The number of aliphatic hydroxyl groups is 1. The molecule has 2 aromatic rings. The molecule has 2 unspecified atom stereocenters. The van der Waals surface area contributed by atoms with Crippen LogP contribution in [0.5, 0.6) is 0 Å². The molecule has 0 saturated carbocycles. The summed E-state index contributed by atoms with van der Waals surface area (Å²) >= 11 is 0. The Morgan fingerprint density at radius 2 is 1.65 bits per heavy atom. The van der Waals surface area contributed by atoms with Gasteiger partial charge in [-0.3, -0.25) is 4.90 Å². The van der Waals surface area contributed by atoms with Gasteiger partial charge >= 0.3 is 0 Å². The number of hydrogen-bond donors (Lipinski definition) is 1. The molecule has 1 fully saturated rings. The summed E-state index contributed by atoms with van der Waals surface area (Å²) in [6.45, 7) is 8.49. The van der Waals surface area contributed by atoms with E-state index in [0.717, 1.165) is 44.8 Å². The van der Waals surface area contributed by atoms with Gasteiger partial charge in [0.15, 0.2) is 0 Å². The van der Waals surface area contributed by atoms with Gasteiger partial charge in [-0.05, 0) is 29.5 Å². The number of aryl methyl sites for hydroxylation is 1. The summed E-state index contributed by atoms with van der Waals surface area (Å²) in [5.74, 6) is 0.0271. The molecule has 0 bridgehead atoms. The van der Waals surface area contributed by atoms with E-state index in [0.29, 0.717) is 6.42 Å². The number of hydrogen-bond acceptors (Lipinski definition) is 3. The van der Waals surface area contributed by atoms with E-state index in [-0.39, 0.29) is 5.92 Å². The number of ether oxygens (including phenoxy) is 1. The first-order chi connectivity index (χ1) is 12.7. The van der Waals surface area contributed by atoms with E-state index in [1.54, 1.807) is 0 Å². The summed E-state index contributed by atoms with van der Waals surface area (Å²) in [7, 11) is 0. The minimum Gasteiger partial charge on any atom is -0.384 e. The lowest BCUT2D eigenvalue weighted by molar-refractivity contribution is -0.0250. The van der Waals surface area contributed by atoms with E-state index in [2.05, 4.69) is 67.3 Å². The van der Waals surface area contributed by atoms with Gasteiger partial charge in [0.1, 0.15) is 0 Å². The monoisotopic (exact) mass is 353 g/mol. The molecular weight excluding hydrogens is 322 g/mol. The highest BCUT2D eigenvalue weighted by Gasteiger charge is 2.39. The Morgan fingerprint density at radius 1 is 1.00 bits per heavy atom. The van der Waals surface area contributed by atoms with Crippen LogP contribution in [0.1, 0.15) is 42.9 Å². The molecule has 0 aliphatic carbocycles. The van der Waals surface area contributed by atoms with Crippen LogP contribution in [0.25, 0.3) is 0 Å². The minimum absolute atomic E-state index is 0.0271. The zero-order chi connectivity index (χ0) is 18.4. The molecule has 140 valence electrons. The predicted octanol–water partition coefficient (Wildman–Crippen LogP) is 3.96. The van der Waals surface area contributed by atoms with E-state index in [4.69, 9.17) is 4.74 Å². The SMILES string of the molecule is CCc1ccc(C(O)(CC)C(CN2CCOCC2)c2ccccc2)cc1. The van der Waals surface area contributed by atoms with Gasteiger partial charge in [0.05, 0.1) is 18.8 Å². The number of benzene rings is 2. The largest absolute Gasteiger partial charge is 0.384 e. The summed E-state index contributed by atoms with van der Waals surface area (Å²) in [5, 5.41) is 11.8. The van der Waals surface area contributed by atoms with Crippen molar-refractivity contribution in [1.82, 2.24) is 4.90 Å². The Labute approximate surface area is 157 Å². The molecule has 3 nitrogen and oxygen atoms in total. The van der Waals surface area contributed by atoms with E-state index in [9.17, 15) is 5.11 Å². The molecule has 3 heteroatoms. The molecule has 0 amide bonds. The molecule has 0 radical (unpaired) electrons. The van der Waals surface area contributed by atoms with Gasteiger partial charge in [-0.2, -0.15) is 0 Å². The smallest absolute Gasteiger partial charge is 0.0974 e. The van der Waals surface area contributed by atoms with Crippen molar-refractivity contribution in [3.05, 3.63) is 71.3 Å². The quantitative estimate of drug-likeness (QED) is 0.818. The van der Waals surface area contributed by atoms with Gasteiger partial charge in [0.25, 0.3) is 0 Å². The molecule has 2 aromatic carbocycles. The molecule has 0 aromatic heterocycles. The highest BCUT2D eigenvalue weighted by Crippen LogP contribution is 2.40. The summed E-state index contributed by atoms with van der Waals surface area (Å²) in [4.78, 5) is 2.42. The van der Waals surface area contributed by atoms with Gasteiger partial charge in [-0.1, -0.05) is 68.4 Å². The average molecular weight is 354 g/mol. The Kier molecular flexibility index (Phi) is 6.47. The van der Waals surface area contributed by atoms with Crippen LogP contribution in [0, 0.1) is 0 Å². The van der Waals surface area contributed by atoms with Gasteiger partial charge in [-0.25, -0.2) is 0 Å². The Hall–Kier alpha value is -1.68. The fourth-order valence-electron chi connectivity index (χ4n) is 3.94. The topological polar surface area (TPSA) is 32.7 Å². The third kappa shape index (κ3) is 4.17. The maximum absolute atomic E-state index is 11.8. The van der Waals surface area contributed by atoms with Crippen molar-refractivity contribution < 1.29 is 9.84 Å². The first-order valence-electron chi connectivity index (χ1n) is 9.84. The van der Waals surface area contributed by atoms with Crippen LogP contribution >= 0.6 is 0 Å². The Balaban J connectivity index is 1.95. The van der Waals surface area contributed by atoms with Crippen molar-refractivity contribution in [2.24, 2.45) is 0 Å². The first-order valence-corrected chi connectivity index (χ1v) is 9.84. The van der Waals surface area contributed by atoms with Crippen LogP contribution < -0.4 is 0 Å². The zero-order valence-electron chi connectivity index (χ0n) is 16.0. The lowest BCUT2D eigenvalue weighted by Crippen LogP contribution is -2.44. The standard InChI is InChI=1S/C23H31NO2/c1-3-19-10-12-21(13-11-19)23(25,4-2)22(20-8-6-5-7-9-20)18-24-14-16-26-17-15-24/h5-13,22,25H,3-4,14-18H2,1-2H3. The minimum atomic E-state index is -0.883. The van der Waals surface area contributed by atoms with Crippen molar-refractivity contribution in [2.45, 2.75) is 38.2 Å². The van der Waals surface area contributed by atoms with Crippen LogP contribution in [0.3, 0.4) is 0 Å². The summed E-state index contributed by atoms with van der Waals surface area (Å²) in [6.07, 6.45) is 1.70. The number of nitrogens with zero attached hydrogens (tertiary/aromatic N) is 1. The molecular formula is C23H31NO2. The van der Waals surface area contributed by atoms with E-state index >= 15 is 0 Å². The van der Waals surface area contributed by atoms with Gasteiger partial charge in [-0.15, -0.1) is 0 Å². The lowest BCUT2D eigenvalue weighted by Gasteiger charge is -2.40. The molecule has 1 N–H and O–H groups in total. The Bertz CT molecular complexity index is 664. The van der Waals surface area contributed by atoms with Crippen LogP contribution in [0.4, 0.5) is 0 Å². The zero-order valence-corrected chi connectivity index (χ0v) is 16.0. The molecule has 0 spiro atoms. The fraction of sp³-hybridized carbons (Fsp3) is 0.478. The van der Waals surface area contributed by atoms with E-state index in [1.165, 1.54) is 11.1 Å². The van der Waals surface area contributed by atoms with E-state index < -0.39 is 5.60 Å². The second-order valence-electron chi connectivity index (χ2n) is 7.20. The second kappa shape index (κ2) is 8.81. The highest BCUT2D eigenvalue weighted by atomic mass is 16.5. The normalized spacial score (nSPS) is 19.0. The van der Waals surface area contributed by atoms with Crippen molar-refractivity contribution in [3.63, 3.8) is 0 Å². The van der Waals surface area contributed by atoms with Gasteiger partial charge in [0, 0.05) is 25.6 Å². The fourth-order valence-corrected chi connectivity index (χ4v) is 3.94. The first kappa shape index (κ1) is 19.1. The van der Waals surface area contributed by atoms with Crippen LogP contribution in [-0.4, -0.2) is 42.9 Å².